The molecule has 0 amide bonds. The van der Waals surface area contributed by atoms with E-state index in [1.807, 2.05) is 6.07 Å². The van der Waals surface area contributed by atoms with Crippen LogP contribution in [0.5, 0.6) is 0 Å². The molecule has 0 atom stereocenters. The summed E-state index contributed by atoms with van der Waals surface area (Å²) in [5.74, 6) is 0. The van der Waals surface area contributed by atoms with E-state index in [0.717, 1.165) is 6.07 Å². The molecule has 0 fully saturated rings. The maximum atomic E-state index is 10.9. The maximum absolute atomic E-state index is 10.9. The smallest absolute Gasteiger partial charge is 0.319 e. The van der Waals surface area contributed by atoms with Crippen molar-refractivity contribution >= 4 is 5.69 Å². The molecule has 1 heterocycles. The van der Waals surface area contributed by atoms with Gasteiger partial charge in [-0.05, 0) is 6.07 Å². The summed E-state index contributed by atoms with van der Waals surface area (Å²) in [6, 6.07) is 4.26. The number of pyridine rings is 1. The van der Waals surface area contributed by atoms with E-state index in [2.05, 4.69) is 4.98 Å². The molecule has 66 valence electrons. The Bertz CT molecular complexity index is 429. The average molecular weight is 179 g/mol. The van der Waals surface area contributed by atoms with Crippen molar-refractivity contribution in [3.05, 3.63) is 38.3 Å². The van der Waals surface area contributed by atoms with Gasteiger partial charge in [-0.15, -0.1) is 0 Å². The monoisotopic (exact) mass is 179 g/mol. The fourth-order valence-corrected chi connectivity index (χ4v) is 0.839. The second-order valence-corrected chi connectivity index (χ2v) is 2.29. The summed E-state index contributed by atoms with van der Waals surface area (Å²) in [7, 11) is 0. The summed E-state index contributed by atoms with van der Waals surface area (Å²) in [6.45, 7) is 0. The van der Waals surface area contributed by atoms with Crippen molar-refractivity contribution < 1.29 is 4.92 Å². The number of nitrogens with one attached hydrogen (secondary N) is 1. The molecule has 6 nitrogen and oxygen atoms in total. The first-order valence-corrected chi connectivity index (χ1v) is 3.38. The van der Waals surface area contributed by atoms with Gasteiger partial charge in [-0.2, -0.15) is 5.26 Å². The Morgan fingerprint density at radius 3 is 2.77 bits per heavy atom. The standard InChI is InChI=1S/C7H5N3O3/c8-4-3-5-1-2-6(10(12)13)7(11)9-5/h1-2H,3H2,(H,9,11). The Morgan fingerprint density at radius 2 is 2.31 bits per heavy atom. The molecule has 1 N–H and O–H groups in total. The zero-order valence-electron chi connectivity index (χ0n) is 6.48. The molecule has 1 aromatic rings. The van der Waals surface area contributed by atoms with Crippen LogP contribution in [0.1, 0.15) is 5.69 Å². The number of aromatic amines is 1. The van der Waals surface area contributed by atoms with Crippen molar-refractivity contribution in [1.82, 2.24) is 4.98 Å². The molecule has 13 heavy (non-hydrogen) atoms. The highest BCUT2D eigenvalue weighted by Crippen LogP contribution is 2.02. The number of nitriles is 1. The quantitative estimate of drug-likeness (QED) is 0.522. The van der Waals surface area contributed by atoms with Gasteiger partial charge in [0.05, 0.1) is 17.4 Å². The van der Waals surface area contributed by atoms with Gasteiger partial charge in [0.25, 0.3) is 0 Å². The predicted molar refractivity (Wildman–Crippen MR) is 43.0 cm³/mol. The fraction of sp³-hybridized carbons (Fsp3) is 0.143. The van der Waals surface area contributed by atoms with Gasteiger partial charge in [-0.1, -0.05) is 0 Å². The first kappa shape index (κ1) is 8.93. The van der Waals surface area contributed by atoms with Crippen molar-refractivity contribution in [2.75, 3.05) is 0 Å². The molecule has 0 aromatic carbocycles. The zero-order valence-corrected chi connectivity index (χ0v) is 6.48. The molecule has 1 rings (SSSR count). The third kappa shape index (κ3) is 1.90. The van der Waals surface area contributed by atoms with Gasteiger partial charge in [0.1, 0.15) is 0 Å². The number of nitro groups is 1. The lowest BCUT2D eigenvalue weighted by Crippen LogP contribution is -2.12. The third-order valence-electron chi connectivity index (χ3n) is 1.42. The summed E-state index contributed by atoms with van der Waals surface area (Å²) < 4.78 is 0. The summed E-state index contributed by atoms with van der Waals surface area (Å²) in [4.78, 5) is 22.6. The largest absolute Gasteiger partial charge is 0.333 e. The van der Waals surface area contributed by atoms with Crippen LogP contribution in [-0.2, 0) is 6.42 Å². The van der Waals surface area contributed by atoms with Gasteiger partial charge >= 0.3 is 11.2 Å². The van der Waals surface area contributed by atoms with Crippen molar-refractivity contribution in [1.29, 1.82) is 5.26 Å². The highest BCUT2D eigenvalue weighted by Gasteiger charge is 2.10. The SMILES string of the molecule is N#CCc1ccc([N+](=O)[O-])c(=O)[nH]1. The Hall–Kier alpha value is -2.16. The van der Waals surface area contributed by atoms with Crippen molar-refractivity contribution in [2.45, 2.75) is 6.42 Å². The van der Waals surface area contributed by atoms with E-state index in [4.69, 9.17) is 5.26 Å². The second-order valence-electron chi connectivity index (χ2n) is 2.29. The lowest BCUT2D eigenvalue weighted by Gasteiger charge is -1.93. The Balaban J connectivity index is 3.15. The number of rotatable bonds is 2. The molecule has 0 saturated heterocycles. The number of H-pyrrole nitrogens is 1. The number of hydrogen-bond acceptors (Lipinski definition) is 4. The van der Waals surface area contributed by atoms with E-state index < -0.39 is 16.2 Å². The average Bonchev–Trinajstić information content (AvgIpc) is 2.04. The van der Waals surface area contributed by atoms with E-state index in [1.165, 1.54) is 6.07 Å². The van der Waals surface area contributed by atoms with E-state index >= 15 is 0 Å². The van der Waals surface area contributed by atoms with Gasteiger partial charge in [-0.3, -0.25) is 14.9 Å². The molecular weight excluding hydrogens is 174 g/mol. The van der Waals surface area contributed by atoms with Gasteiger partial charge in [0.2, 0.25) is 0 Å². The van der Waals surface area contributed by atoms with Gasteiger partial charge in [0, 0.05) is 11.8 Å². The molecule has 6 heteroatoms. The van der Waals surface area contributed by atoms with Crippen LogP contribution in [0.3, 0.4) is 0 Å². The zero-order chi connectivity index (χ0) is 9.84. The lowest BCUT2D eigenvalue weighted by atomic mass is 10.3. The number of aromatic nitrogens is 1. The van der Waals surface area contributed by atoms with E-state index in [9.17, 15) is 14.9 Å². The molecular formula is C7H5N3O3. The Morgan fingerprint density at radius 1 is 1.62 bits per heavy atom. The first-order valence-electron chi connectivity index (χ1n) is 3.38. The van der Waals surface area contributed by atoms with Crippen LogP contribution in [0.2, 0.25) is 0 Å². The third-order valence-corrected chi connectivity index (χ3v) is 1.42. The van der Waals surface area contributed by atoms with Gasteiger partial charge < -0.3 is 4.98 Å². The van der Waals surface area contributed by atoms with Gasteiger partial charge in [0.15, 0.2) is 0 Å². The highest BCUT2D eigenvalue weighted by atomic mass is 16.6. The molecule has 0 aliphatic rings. The minimum atomic E-state index is -0.780. The fourth-order valence-electron chi connectivity index (χ4n) is 0.839. The molecule has 0 aliphatic carbocycles. The summed E-state index contributed by atoms with van der Waals surface area (Å²) in [6.07, 6.45) is 0.0350. The highest BCUT2D eigenvalue weighted by molar-refractivity contribution is 5.27. The van der Waals surface area contributed by atoms with Crippen LogP contribution in [0.4, 0.5) is 5.69 Å². The second kappa shape index (κ2) is 3.49. The summed E-state index contributed by atoms with van der Waals surface area (Å²) in [5, 5.41) is 18.5. The van der Waals surface area contributed by atoms with Crippen LogP contribution >= 0.6 is 0 Å². The molecule has 0 bridgehead atoms. The molecule has 0 spiro atoms. The van der Waals surface area contributed by atoms with E-state index in [1.54, 1.807) is 0 Å². The number of hydrogen-bond donors (Lipinski definition) is 1. The molecule has 0 aliphatic heterocycles. The van der Waals surface area contributed by atoms with Crippen LogP contribution < -0.4 is 5.56 Å². The number of nitrogens with zero attached hydrogens (tertiary/aromatic N) is 2. The molecule has 0 radical (unpaired) electrons. The summed E-state index contributed by atoms with van der Waals surface area (Å²) >= 11 is 0. The Labute approximate surface area is 72.6 Å². The van der Waals surface area contributed by atoms with Gasteiger partial charge in [-0.25, -0.2) is 0 Å². The molecule has 0 unspecified atom stereocenters. The van der Waals surface area contributed by atoms with Crippen LogP contribution in [-0.4, -0.2) is 9.91 Å². The molecule has 1 aromatic heterocycles. The Kier molecular flexibility index (Phi) is 2.40. The summed E-state index contributed by atoms with van der Waals surface area (Å²) in [5.41, 5.74) is -0.919. The van der Waals surface area contributed by atoms with E-state index in [-0.39, 0.29) is 6.42 Å². The van der Waals surface area contributed by atoms with Crippen molar-refractivity contribution in [2.24, 2.45) is 0 Å². The maximum Gasteiger partial charge on any atom is 0.333 e. The normalized spacial score (nSPS) is 9.15. The minimum Gasteiger partial charge on any atom is -0.319 e. The van der Waals surface area contributed by atoms with E-state index in [0.29, 0.717) is 5.69 Å². The predicted octanol–water partition coefficient (Wildman–Crippen LogP) is 0.349. The van der Waals surface area contributed by atoms with Crippen molar-refractivity contribution in [3.63, 3.8) is 0 Å². The lowest BCUT2D eigenvalue weighted by molar-refractivity contribution is -0.386. The topological polar surface area (TPSA) is 99.8 Å². The first-order chi connectivity index (χ1) is 6.15. The van der Waals surface area contributed by atoms with Crippen molar-refractivity contribution in [3.8, 4) is 6.07 Å². The van der Waals surface area contributed by atoms with Crippen LogP contribution in [0.15, 0.2) is 16.9 Å². The van der Waals surface area contributed by atoms with Crippen LogP contribution in [0, 0.1) is 21.4 Å². The van der Waals surface area contributed by atoms with Crippen LogP contribution in [0.25, 0.3) is 0 Å². The molecule has 0 saturated carbocycles. The minimum absolute atomic E-state index is 0.0350.